The van der Waals surface area contributed by atoms with Crippen LogP contribution in [0.25, 0.3) is 0 Å². The molecule has 1 unspecified atom stereocenters. The minimum atomic E-state index is -3.81. The summed E-state index contributed by atoms with van der Waals surface area (Å²) in [6.07, 6.45) is 2.71. The molecule has 8 heteroatoms. The normalized spacial score (nSPS) is 21.8. The molecule has 0 aliphatic carbocycles. The molecular weight excluding hydrogens is 300 g/mol. The highest BCUT2D eigenvalue weighted by Gasteiger charge is 2.30. The van der Waals surface area contributed by atoms with Crippen molar-refractivity contribution in [3.8, 4) is 0 Å². The van der Waals surface area contributed by atoms with E-state index in [1.165, 1.54) is 28.6 Å². The zero-order valence-corrected chi connectivity index (χ0v) is 12.8. The highest BCUT2D eigenvalue weighted by Crippen LogP contribution is 2.25. The van der Waals surface area contributed by atoms with Gasteiger partial charge in [-0.3, -0.25) is 0 Å². The summed E-state index contributed by atoms with van der Waals surface area (Å²) in [4.78, 5) is 0.00166. The van der Waals surface area contributed by atoms with Gasteiger partial charge in [-0.05, 0) is 44.0 Å². The zero-order valence-electron chi connectivity index (χ0n) is 11.2. The van der Waals surface area contributed by atoms with E-state index in [-0.39, 0.29) is 15.8 Å². The summed E-state index contributed by atoms with van der Waals surface area (Å²) in [7, 11) is -7.38. The molecule has 1 atom stereocenters. The van der Waals surface area contributed by atoms with E-state index in [9.17, 15) is 16.8 Å². The van der Waals surface area contributed by atoms with Gasteiger partial charge in [-0.25, -0.2) is 22.0 Å². The standard InChI is InChI=1S/C12H18N2O4S2/c1-10-4-2-3-9-14(10)20(17,18)12-7-5-11(6-8-12)19(13,15)16/h5-8,10H,2-4,9H2,1H3,(H2,13,15,16). The fraction of sp³-hybridized carbons (Fsp3) is 0.500. The van der Waals surface area contributed by atoms with Gasteiger partial charge in [0, 0.05) is 12.6 Å². The van der Waals surface area contributed by atoms with E-state index >= 15 is 0 Å². The van der Waals surface area contributed by atoms with Crippen molar-refractivity contribution in [3.05, 3.63) is 24.3 Å². The van der Waals surface area contributed by atoms with Gasteiger partial charge in [0.25, 0.3) is 0 Å². The third-order valence-corrected chi connectivity index (χ3v) is 6.46. The van der Waals surface area contributed by atoms with Crippen molar-refractivity contribution in [1.29, 1.82) is 0 Å². The molecule has 2 N–H and O–H groups in total. The first-order valence-corrected chi connectivity index (χ1v) is 9.36. The summed E-state index contributed by atoms with van der Waals surface area (Å²) in [5.74, 6) is 0. The molecule has 1 aliphatic heterocycles. The Labute approximate surface area is 119 Å². The largest absolute Gasteiger partial charge is 0.243 e. The molecule has 0 radical (unpaired) electrons. The third-order valence-electron chi connectivity index (χ3n) is 3.50. The monoisotopic (exact) mass is 318 g/mol. The molecule has 1 aromatic carbocycles. The summed E-state index contributed by atoms with van der Waals surface area (Å²) < 4.78 is 48.8. The lowest BCUT2D eigenvalue weighted by Crippen LogP contribution is -2.41. The number of sulfonamides is 2. The zero-order chi connectivity index (χ0) is 15.0. The fourth-order valence-electron chi connectivity index (χ4n) is 2.37. The maximum Gasteiger partial charge on any atom is 0.243 e. The first-order chi connectivity index (χ1) is 9.23. The fourth-order valence-corrected chi connectivity index (χ4v) is 4.58. The number of nitrogens with two attached hydrogens (primary N) is 1. The van der Waals surface area contributed by atoms with E-state index in [0.29, 0.717) is 6.54 Å². The molecule has 1 aromatic rings. The Balaban J connectivity index is 2.35. The molecule has 0 aromatic heterocycles. The lowest BCUT2D eigenvalue weighted by molar-refractivity contribution is 0.268. The second-order valence-electron chi connectivity index (χ2n) is 4.98. The number of rotatable bonds is 3. The van der Waals surface area contributed by atoms with Gasteiger partial charge in [0.1, 0.15) is 0 Å². The van der Waals surface area contributed by atoms with Crippen LogP contribution in [-0.4, -0.2) is 33.7 Å². The number of primary sulfonamides is 1. The van der Waals surface area contributed by atoms with E-state index < -0.39 is 20.0 Å². The predicted molar refractivity (Wildman–Crippen MR) is 75.0 cm³/mol. The van der Waals surface area contributed by atoms with Gasteiger partial charge in [0.15, 0.2) is 0 Å². The second-order valence-corrected chi connectivity index (χ2v) is 8.43. The van der Waals surface area contributed by atoms with E-state index in [2.05, 4.69) is 0 Å². The van der Waals surface area contributed by atoms with Gasteiger partial charge in [-0.1, -0.05) is 6.42 Å². The van der Waals surface area contributed by atoms with Crippen LogP contribution >= 0.6 is 0 Å². The van der Waals surface area contributed by atoms with Crippen molar-refractivity contribution in [2.75, 3.05) is 6.54 Å². The molecule has 1 aliphatic rings. The summed E-state index contributed by atoms with van der Waals surface area (Å²) in [6, 6.07) is 4.98. The van der Waals surface area contributed by atoms with E-state index in [1.807, 2.05) is 6.92 Å². The van der Waals surface area contributed by atoms with E-state index in [1.54, 1.807) is 0 Å². The van der Waals surface area contributed by atoms with Crippen LogP contribution in [0.3, 0.4) is 0 Å². The van der Waals surface area contributed by atoms with Crippen LogP contribution in [0.5, 0.6) is 0 Å². The SMILES string of the molecule is CC1CCCCN1S(=O)(=O)c1ccc(S(N)(=O)=O)cc1. The van der Waals surface area contributed by atoms with Crippen LogP contribution < -0.4 is 5.14 Å². The van der Waals surface area contributed by atoms with Crippen LogP contribution in [0.2, 0.25) is 0 Å². The lowest BCUT2D eigenvalue weighted by atomic mass is 10.1. The van der Waals surface area contributed by atoms with Gasteiger partial charge in [-0.15, -0.1) is 0 Å². The van der Waals surface area contributed by atoms with Crippen molar-refractivity contribution in [2.45, 2.75) is 42.0 Å². The maximum absolute atomic E-state index is 12.5. The van der Waals surface area contributed by atoms with Gasteiger partial charge in [0.05, 0.1) is 9.79 Å². The molecule has 1 fully saturated rings. The maximum atomic E-state index is 12.5. The Kier molecular flexibility index (Phi) is 4.19. The van der Waals surface area contributed by atoms with Crippen molar-refractivity contribution in [3.63, 3.8) is 0 Å². The molecule has 0 amide bonds. The van der Waals surface area contributed by atoms with Gasteiger partial charge in [-0.2, -0.15) is 4.31 Å². The minimum absolute atomic E-state index is 0.0355. The molecule has 1 heterocycles. The van der Waals surface area contributed by atoms with E-state index in [4.69, 9.17) is 5.14 Å². The number of hydrogen-bond donors (Lipinski definition) is 1. The molecule has 6 nitrogen and oxygen atoms in total. The smallest absolute Gasteiger partial charge is 0.225 e. The van der Waals surface area contributed by atoms with Crippen LogP contribution in [-0.2, 0) is 20.0 Å². The average molecular weight is 318 g/mol. The van der Waals surface area contributed by atoms with Crippen LogP contribution in [0.1, 0.15) is 26.2 Å². The molecule has 0 bridgehead atoms. The predicted octanol–water partition coefficient (Wildman–Crippen LogP) is 0.897. The van der Waals surface area contributed by atoms with Gasteiger partial charge >= 0.3 is 0 Å². The molecular formula is C12H18N2O4S2. The number of nitrogens with zero attached hydrogens (tertiary/aromatic N) is 1. The van der Waals surface area contributed by atoms with Gasteiger partial charge in [0.2, 0.25) is 20.0 Å². The van der Waals surface area contributed by atoms with E-state index in [0.717, 1.165) is 19.3 Å². The summed E-state index contributed by atoms with van der Waals surface area (Å²) in [5, 5.41) is 4.99. The summed E-state index contributed by atoms with van der Waals surface area (Å²) in [6.45, 7) is 2.38. The van der Waals surface area contributed by atoms with Gasteiger partial charge < -0.3 is 0 Å². The number of benzene rings is 1. The Bertz CT molecular complexity index is 681. The van der Waals surface area contributed by atoms with Crippen molar-refractivity contribution in [1.82, 2.24) is 4.31 Å². The van der Waals surface area contributed by atoms with Crippen LogP contribution in [0.15, 0.2) is 34.1 Å². The van der Waals surface area contributed by atoms with Crippen molar-refractivity contribution < 1.29 is 16.8 Å². The highest BCUT2D eigenvalue weighted by atomic mass is 32.2. The topological polar surface area (TPSA) is 97.5 Å². The molecule has 20 heavy (non-hydrogen) atoms. The Hall–Kier alpha value is -0.960. The quantitative estimate of drug-likeness (QED) is 0.895. The molecule has 2 rings (SSSR count). The van der Waals surface area contributed by atoms with Crippen molar-refractivity contribution in [2.24, 2.45) is 5.14 Å². The minimum Gasteiger partial charge on any atom is -0.225 e. The first kappa shape index (κ1) is 15.4. The molecule has 112 valence electrons. The second kappa shape index (κ2) is 5.44. The number of hydrogen-bond acceptors (Lipinski definition) is 4. The summed E-state index contributed by atoms with van der Waals surface area (Å²) in [5.41, 5.74) is 0. The Morgan fingerprint density at radius 1 is 1.05 bits per heavy atom. The molecule has 1 saturated heterocycles. The number of piperidine rings is 1. The summed E-state index contributed by atoms with van der Waals surface area (Å²) >= 11 is 0. The lowest BCUT2D eigenvalue weighted by Gasteiger charge is -2.32. The molecule has 0 spiro atoms. The average Bonchev–Trinajstić information content (AvgIpc) is 2.38. The third kappa shape index (κ3) is 3.03. The Morgan fingerprint density at radius 2 is 1.60 bits per heavy atom. The highest BCUT2D eigenvalue weighted by molar-refractivity contribution is 7.89. The van der Waals surface area contributed by atoms with Crippen LogP contribution in [0.4, 0.5) is 0 Å². The first-order valence-electron chi connectivity index (χ1n) is 6.37. The Morgan fingerprint density at radius 3 is 2.10 bits per heavy atom. The van der Waals surface area contributed by atoms with Crippen molar-refractivity contribution >= 4 is 20.0 Å². The van der Waals surface area contributed by atoms with Crippen LogP contribution in [0, 0.1) is 0 Å². The molecule has 0 saturated carbocycles.